The van der Waals surface area contributed by atoms with Crippen molar-refractivity contribution in [3.8, 4) is 0 Å². The Morgan fingerprint density at radius 3 is 2.35 bits per heavy atom. The van der Waals surface area contributed by atoms with Gasteiger partial charge in [-0.3, -0.25) is 0 Å². The number of carbonyl (C=O) groups is 1. The van der Waals surface area contributed by atoms with Crippen LogP contribution in [0.2, 0.25) is 10.0 Å². The molecule has 1 heterocycles. The Balaban J connectivity index is 2.86. The van der Waals surface area contributed by atoms with Crippen LogP contribution in [0, 0.1) is 0 Å². The number of dihydropyridines is 1. The van der Waals surface area contributed by atoms with E-state index in [1.54, 1.807) is 32.0 Å². The molecule has 124 valence electrons. The van der Waals surface area contributed by atoms with Gasteiger partial charge in [0.1, 0.15) is 0 Å². The number of aliphatic carboxylic acids is 1. The second kappa shape index (κ2) is 6.19. The second-order valence-corrected chi connectivity index (χ2v) is 8.08. The number of carboxylic acid groups (broad SMARTS) is 1. The van der Waals surface area contributed by atoms with E-state index in [4.69, 9.17) is 23.2 Å². The van der Waals surface area contributed by atoms with Gasteiger partial charge in [-0.1, -0.05) is 35.3 Å². The van der Waals surface area contributed by atoms with Gasteiger partial charge >= 0.3 is 5.97 Å². The second-order valence-electron chi connectivity index (χ2n) is 5.31. The maximum atomic E-state index is 12.3. The number of carboxylic acids is 1. The summed E-state index contributed by atoms with van der Waals surface area (Å²) in [5.74, 6) is -2.24. The standard InChI is InChI=1S/C15H15Cl2NO4S/c1-7-11(15(19)20)12(9-5-4-6-10(16)13(9)17)14(8(2)18-7)23(3,21)22/h4-6,12,18H,1-3H3,(H,19,20). The van der Waals surface area contributed by atoms with Crippen molar-refractivity contribution in [2.75, 3.05) is 6.26 Å². The van der Waals surface area contributed by atoms with Crippen molar-refractivity contribution in [2.24, 2.45) is 0 Å². The van der Waals surface area contributed by atoms with Crippen LogP contribution in [0.1, 0.15) is 25.3 Å². The Morgan fingerprint density at radius 2 is 1.83 bits per heavy atom. The minimum atomic E-state index is -3.67. The van der Waals surface area contributed by atoms with E-state index in [1.165, 1.54) is 0 Å². The van der Waals surface area contributed by atoms with Gasteiger partial charge in [-0.05, 0) is 25.5 Å². The van der Waals surface area contributed by atoms with Crippen LogP contribution in [-0.2, 0) is 14.6 Å². The smallest absolute Gasteiger partial charge is 0.334 e. The molecule has 0 saturated heterocycles. The summed E-state index contributed by atoms with van der Waals surface area (Å²) in [6.45, 7) is 3.17. The molecule has 0 fully saturated rings. The average Bonchev–Trinajstić information content (AvgIpc) is 2.38. The van der Waals surface area contributed by atoms with Crippen LogP contribution < -0.4 is 5.32 Å². The van der Waals surface area contributed by atoms with E-state index in [-0.39, 0.29) is 20.5 Å². The highest BCUT2D eigenvalue weighted by Crippen LogP contribution is 2.44. The number of allylic oxidation sites excluding steroid dienone is 3. The van der Waals surface area contributed by atoms with Crippen LogP contribution in [-0.4, -0.2) is 25.7 Å². The summed E-state index contributed by atoms with van der Waals surface area (Å²) in [6, 6.07) is 4.75. The molecule has 0 saturated carbocycles. The van der Waals surface area contributed by atoms with E-state index in [0.29, 0.717) is 17.0 Å². The zero-order valence-corrected chi connectivity index (χ0v) is 15.0. The number of nitrogens with one attached hydrogen (secondary N) is 1. The largest absolute Gasteiger partial charge is 0.478 e. The molecule has 1 atom stereocenters. The molecule has 0 bridgehead atoms. The van der Waals surface area contributed by atoms with Gasteiger partial charge in [-0.25, -0.2) is 13.2 Å². The number of rotatable bonds is 3. The third-order valence-electron chi connectivity index (χ3n) is 3.62. The lowest BCUT2D eigenvalue weighted by Gasteiger charge is -2.30. The molecule has 0 amide bonds. The first-order chi connectivity index (χ1) is 10.6. The zero-order chi connectivity index (χ0) is 17.5. The molecular formula is C15H15Cl2NO4S. The summed E-state index contributed by atoms with van der Waals surface area (Å²) >= 11 is 12.2. The van der Waals surface area contributed by atoms with Crippen molar-refractivity contribution in [2.45, 2.75) is 19.8 Å². The summed E-state index contributed by atoms with van der Waals surface area (Å²) in [5.41, 5.74) is 1.01. The van der Waals surface area contributed by atoms with Gasteiger partial charge in [-0.2, -0.15) is 0 Å². The van der Waals surface area contributed by atoms with E-state index in [2.05, 4.69) is 5.32 Å². The van der Waals surface area contributed by atoms with Crippen molar-refractivity contribution in [1.29, 1.82) is 0 Å². The van der Waals surface area contributed by atoms with Gasteiger partial charge < -0.3 is 10.4 Å². The number of sulfone groups is 1. The van der Waals surface area contributed by atoms with E-state index in [1.807, 2.05) is 0 Å². The summed E-state index contributed by atoms with van der Waals surface area (Å²) in [6.07, 6.45) is 1.04. The van der Waals surface area contributed by atoms with Crippen LogP contribution in [0.4, 0.5) is 0 Å². The SMILES string of the molecule is CC1=C(C(=O)O)C(c2cccc(Cl)c2Cl)C(S(C)(=O)=O)=C(C)N1. The lowest BCUT2D eigenvalue weighted by atomic mass is 9.86. The summed E-state index contributed by atoms with van der Waals surface area (Å²) in [7, 11) is -3.67. The molecule has 0 aromatic heterocycles. The van der Waals surface area contributed by atoms with Crippen LogP contribution in [0.5, 0.6) is 0 Å². The van der Waals surface area contributed by atoms with Crippen molar-refractivity contribution >= 4 is 39.0 Å². The normalized spacial score (nSPS) is 18.9. The minimum absolute atomic E-state index is 0.0235. The number of hydrogen-bond acceptors (Lipinski definition) is 4. The van der Waals surface area contributed by atoms with Crippen LogP contribution in [0.3, 0.4) is 0 Å². The van der Waals surface area contributed by atoms with Crippen LogP contribution in [0.25, 0.3) is 0 Å². The molecule has 1 aliphatic rings. The molecule has 0 aliphatic carbocycles. The highest BCUT2D eigenvalue weighted by Gasteiger charge is 2.38. The Bertz CT molecular complexity index is 856. The van der Waals surface area contributed by atoms with Crippen molar-refractivity contribution in [3.63, 3.8) is 0 Å². The van der Waals surface area contributed by atoms with E-state index in [9.17, 15) is 18.3 Å². The monoisotopic (exact) mass is 375 g/mol. The molecule has 5 nitrogen and oxygen atoms in total. The minimum Gasteiger partial charge on any atom is -0.478 e. The zero-order valence-electron chi connectivity index (χ0n) is 12.6. The van der Waals surface area contributed by atoms with Crippen molar-refractivity contribution < 1.29 is 18.3 Å². The van der Waals surface area contributed by atoms with Crippen LogP contribution >= 0.6 is 23.2 Å². The maximum absolute atomic E-state index is 12.3. The lowest BCUT2D eigenvalue weighted by molar-refractivity contribution is -0.133. The Morgan fingerprint density at radius 1 is 1.22 bits per heavy atom. The molecule has 2 rings (SSSR count). The van der Waals surface area contributed by atoms with Crippen LogP contribution in [0.15, 0.2) is 40.1 Å². The topological polar surface area (TPSA) is 83.5 Å². The van der Waals surface area contributed by atoms with E-state index in [0.717, 1.165) is 6.26 Å². The molecule has 2 N–H and O–H groups in total. The van der Waals surface area contributed by atoms with E-state index < -0.39 is 21.7 Å². The first-order valence-corrected chi connectivity index (χ1v) is 9.26. The number of hydrogen-bond donors (Lipinski definition) is 2. The summed E-state index contributed by atoms with van der Waals surface area (Å²) in [5, 5.41) is 12.8. The molecule has 1 aliphatic heterocycles. The predicted octanol–water partition coefficient (Wildman–Crippen LogP) is 3.31. The molecule has 0 spiro atoms. The number of benzene rings is 1. The Kier molecular flexibility index (Phi) is 4.80. The molecule has 1 unspecified atom stereocenters. The molecule has 8 heteroatoms. The first kappa shape index (κ1) is 17.8. The van der Waals surface area contributed by atoms with Gasteiger partial charge in [0.15, 0.2) is 9.84 Å². The third-order valence-corrected chi connectivity index (χ3v) is 5.80. The maximum Gasteiger partial charge on any atom is 0.334 e. The Labute approximate surface area is 144 Å². The molecule has 1 aromatic carbocycles. The predicted molar refractivity (Wildman–Crippen MR) is 90.2 cm³/mol. The highest BCUT2D eigenvalue weighted by atomic mass is 35.5. The van der Waals surface area contributed by atoms with Gasteiger partial charge in [0, 0.05) is 17.6 Å². The fourth-order valence-corrected chi connectivity index (χ4v) is 4.49. The molecular weight excluding hydrogens is 361 g/mol. The molecule has 23 heavy (non-hydrogen) atoms. The van der Waals surface area contributed by atoms with Crippen molar-refractivity contribution in [1.82, 2.24) is 5.32 Å². The van der Waals surface area contributed by atoms with Crippen molar-refractivity contribution in [3.05, 3.63) is 55.7 Å². The van der Waals surface area contributed by atoms with Gasteiger partial charge in [-0.15, -0.1) is 0 Å². The molecule has 1 aromatic rings. The first-order valence-electron chi connectivity index (χ1n) is 6.61. The summed E-state index contributed by atoms with van der Waals surface area (Å²) < 4.78 is 24.5. The van der Waals surface area contributed by atoms with Gasteiger partial charge in [0.25, 0.3) is 0 Å². The Hall–Kier alpha value is -1.50. The fourth-order valence-electron chi connectivity index (χ4n) is 2.79. The van der Waals surface area contributed by atoms with Gasteiger partial charge in [0.05, 0.1) is 26.4 Å². The quantitative estimate of drug-likeness (QED) is 0.846. The highest BCUT2D eigenvalue weighted by molar-refractivity contribution is 7.94. The molecule has 0 radical (unpaired) electrons. The lowest BCUT2D eigenvalue weighted by Crippen LogP contribution is -2.31. The van der Waals surface area contributed by atoms with E-state index >= 15 is 0 Å². The third kappa shape index (κ3) is 3.24. The van der Waals surface area contributed by atoms with Gasteiger partial charge in [0.2, 0.25) is 0 Å². The number of halogens is 2. The average molecular weight is 376 g/mol. The summed E-state index contributed by atoms with van der Waals surface area (Å²) in [4.78, 5) is 11.7. The fraction of sp³-hybridized carbons (Fsp3) is 0.267.